The molecule has 0 amide bonds. The Morgan fingerprint density at radius 3 is 2.42 bits per heavy atom. The molecule has 140 valence electrons. The average Bonchev–Trinajstić information content (AvgIpc) is 3.33. The standard InChI is InChI=1S/C20H28N4OS/c1-13-11-18(14(2)23(13)17-9-10-17)19(25)12-26-20-22-21-15(3)24(20)16-7-5-4-6-8-16/h11,16-17H,4-10,12H2,1-3H3. The fourth-order valence-electron chi connectivity index (χ4n) is 4.37. The number of hydrogen-bond acceptors (Lipinski definition) is 4. The minimum absolute atomic E-state index is 0.200. The van der Waals surface area contributed by atoms with Crippen LogP contribution < -0.4 is 0 Å². The van der Waals surface area contributed by atoms with Crippen LogP contribution in [0.3, 0.4) is 0 Å². The number of hydrogen-bond donors (Lipinski definition) is 0. The molecule has 2 heterocycles. The maximum Gasteiger partial charge on any atom is 0.191 e. The Bertz CT molecular complexity index is 812. The van der Waals surface area contributed by atoms with Crippen LogP contribution in [0.15, 0.2) is 11.2 Å². The predicted molar refractivity (Wildman–Crippen MR) is 104 cm³/mol. The van der Waals surface area contributed by atoms with E-state index in [-0.39, 0.29) is 5.78 Å². The second-order valence-corrected chi connectivity index (χ2v) is 8.73. The molecule has 5 nitrogen and oxygen atoms in total. The van der Waals surface area contributed by atoms with Gasteiger partial charge in [-0.3, -0.25) is 4.79 Å². The number of Topliss-reactive ketones (excluding diaryl/α,β-unsaturated/α-hetero) is 1. The highest BCUT2D eigenvalue weighted by Gasteiger charge is 2.28. The zero-order valence-electron chi connectivity index (χ0n) is 16.0. The minimum Gasteiger partial charge on any atom is -0.345 e. The van der Waals surface area contributed by atoms with Gasteiger partial charge >= 0.3 is 0 Å². The molecule has 0 spiro atoms. The van der Waals surface area contributed by atoms with Crippen LogP contribution in [0, 0.1) is 20.8 Å². The van der Waals surface area contributed by atoms with E-state index in [0.717, 1.165) is 22.2 Å². The monoisotopic (exact) mass is 372 g/mol. The first-order chi connectivity index (χ1) is 12.6. The molecule has 0 unspecified atom stereocenters. The van der Waals surface area contributed by atoms with Crippen molar-refractivity contribution in [2.24, 2.45) is 0 Å². The molecule has 2 saturated carbocycles. The number of thioether (sulfide) groups is 1. The fraction of sp³-hybridized carbons (Fsp3) is 0.650. The van der Waals surface area contributed by atoms with Crippen molar-refractivity contribution in [1.82, 2.24) is 19.3 Å². The fourth-order valence-corrected chi connectivity index (χ4v) is 5.30. The van der Waals surface area contributed by atoms with E-state index in [1.54, 1.807) is 11.8 Å². The van der Waals surface area contributed by atoms with Crippen LogP contribution in [-0.4, -0.2) is 30.9 Å². The van der Waals surface area contributed by atoms with E-state index in [1.807, 2.05) is 6.92 Å². The molecule has 2 fully saturated rings. The van der Waals surface area contributed by atoms with Crippen molar-refractivity contribution in [3.63, 3.8) is 0 Å². The number of nitrogens with zero attached hydrogens (tertiary/aromatic N) is 4. The topological polar surface area (TPSA) is 52.7 Å². The maximum atomic E-state index is 12.9. The van der Waals surface area contributed by atoms with Crippen molar-refractivity contribution in [3.05, 3.63) is 28.8 Å². The van der Waals surface area contributed by atoms with Gasteiger partial charge in [-0.05, 0) is 52.5 Å². The van der Waals surface area contributed by atoms with Gasteiger partial charge in [-0.25, -0.2) is 0 Å². The molecule has 0 bridgehead atoms. The normalized spacial score (nSPS) is 18.4. The summed E-state index contributed by atoms with van der Waals surface area (Å²) >= 11 is 1.54. The molecule has 0 atom stereocenters. The van der Waals surface area contributed by atoms with Crippen LogP contribution in [0.1, 0.15) is 84.6 Å². The molecule has 26 heavy (non-hydrogen) atoms. The zero-order chi connectivity index (χ0) is 18.3. The quantitative estimate of drug-likeness (QED) is 0.539. The Morgan fingerprint density at radius 1 is 1.04 bits per heavy atom. The Morgan fingerprint density at radius 2 is 1.73 bits per heavy atom. The molecule has 0 N–H and O–H groups in total. The third kappa shape index (κ3) is 3.36. The van der Waals surface area contributed by atoms with E-state index in [1.165, 1.54) is 50.6 Å². The number of aromatic nitrogens is 4. The minimum atomic E-state index is 0.200. The summed E-state index contributed by atoms with van der Waals surface area (Å²) in [5.41, 5.74) is 3.21. The number of carbonyl (C=O) groups is 1. The van der Waals surface area contributed by atoms with E-state index in [0.29, 0.717) is 17.8 Å². The molecule has 0 radical (unpaired) electrons. The van der Waals surface area contributed by atoms with Crippen LogP contribution in [0.25, 0.3) is 0 Å². The van der Waals surface area contributed by atoms with Gasteiger partial charge in [-0.2, -0.15) is 0 Å². The Balaban J connectivity index is 1.48. The Kier molecular flexibility index (Phi) is 4.95. The van der Waals surface area contributed by atoms with E-state index in [2.05, 4.69) is 39.2 Å². The van der Waals surface area contributed by atoms with Crippen molar-refractivity contribution < 1.29 is 4.79 Å². The van der Waals surface area contributed by atoms with E-state index in [9.17, 15) is 4.79 Å². The summed E-state index contributed by atoms with van der Waals surface area (Å²) in [6.45, 7) is 6.22. The molecule has 4 rings (SSSR count). The van der Waals surface area contributed by atoms with Crippen LogP contribution in [0.2, 0.25) is 0 Å². The van der Waals surface area contributed by atoms with Crippen molar-refractivity contribution in [3.8, 4) is 0 Å². The number of carbonyl (C=O) groups excluding carboxylic acids is 1. The first-order valence-corrected chi connectivity index (χ1v) is 10.8. The summed E-state index contributed by atoms with van der Waals surface area (Å²) < 4.78 is 4.61. The second-order valence-electron chi connectivity index (χ2n) is 7.79. The Labute approximate surface area is 159 Å². The lowest BCUT2D eigenvalue weighted by Crippen LogP contribution is -2.15. The second kappa shape index (κ2) is 7.22. The van der Waals surface area contributed by atoms with Crippen LogP contribution in [0.4, 0.5) is 0 Å². The van der Waals surface area contributed by atoms with E-state index in [4.69, 9.17) is 0 Å². The molecular formula is C20H28N4OS. The van der Waals surface area contributed by atoms with Crippen molar-refractivity contribution in [2.45, 2.75) is 83.0 Å². The molecule has 0 aromatic carbocycles. The van der Waals surface area contributed by atoms with Gasteiger partial charge in [0, 0.05) is 29.0 Å². The summed E-state index contributed by atoms with van der Waals surface area (Å²) in [4.78, 5) is 12.9. The third-order valence-corrected chi connectivity index (χ3v) is 6.75. The summed E-state index contributed by atoms with van der Waals surface area (Å²) in [5.74, 6) is 1.60. The largest absolute Gasteiger partial charge is 0.345 e. The van der Waals surface area contributed by atoms with E-state index >= 15 is 0 Å². The van der Waals surface area contributed by atoms with Crippen LogP contribution in [-0.2, 0) is 0 Å². The summed E-state index contributed by atoms with van der Waals surface area (Å²) in [6.07, 6.45) is 8.75. The van der Waals surface area contributed by atoms with Crippen LogP contribution >= 0.6 is 11.8 Å². The maximum absolute atomic E-state index is 12.9. The molecule has 0 saturated heterocycles. The highest BCUT2D eigenvalue weighted by Crippen LogP contribution is 2.39. The SMILES string of the molecule is Cc1cc(C(=O)CSc2nnc(C)n2C2CCCCC2)c(C)n1C1CC1. The van der Waals surface area contributed by atoms with Gasteiger partial charge in [-0.1, -0.05) is 31.0 Å². The molecule has 0 aliphatic heterocycles. The summed E-state index contributed by atoms with van der Waals surface area (Å²) in [7, 11) is 0. The van der Waals surface area contributed by atoms with E-state index < -0.39 is 0 Å². The van der Waals surface area contributed by atoms with Gasteiger partial charge in [0.2, 0.25) is 0 Å². The molecule has 2 aliphatic carbocycles. The molecular weight excluding hydrogens is 344 g/mol. The van der Waals surface area contributed by atoms with Gasteiger partial charge in [-0.15, -0.1) is 10.2 Å². The first kappa shape index (κ1) is 17.8. The average molecular weight is 373 g/mol. The van der Waals surface area contributed by atoms with Gasteiger partial charge in [0.15, 0.2) is 10.9 Å². The van der Waals surface area contributed by atoms with Crippen molar-refractivity contribution in [2.75, 3.05) is 5.75 Å². The lowest BCUT2D eigenvalue weighted by molar-refractivity contribution is 0.102. The predicted octanol–water partition coefficient (Wildman–Crippen LogP) is 4.82. The first-order valence-electron chi connectivity index (χ1n) is 9.82. The summed E-state index contributed by atoms with van der Waals surface area (Å²) in [6, 6.07) is 3.17. The van der Waals surface area contributed by atoms with Crippen molar-refractivity contribution >= 4 is 17.5 Å². The number of ketones is 1. The molecule has 2 aromatic rings. The Hall–Kier alpha value is -1.56. The highest BCUT2D eigenvalue weighted by atomic mass is 32.2. The van der Waals surface area contributed by atoms with Gasteiger partial charge in [0.1, 0.15) is 5.82 Å². The zero-order valence-corrected chi connectivity index (χ0v) is 16.8. The lowest BCUT2D eigenvalue weighted by Gasteiger charge is -2.24. The molecule has 2 aliphatic rings. The van der Waals surface area contributed by atoms with Crippen molar-refractivity contribution in [1.29, 1.82) is 0 Å². The number of aryl methyl sites for hydroxylation is 2. The summed E-state index contributed by atoms with van der Waals surface area (Å²) in [5, 5.41) is 9.55. The van der Waals surface area contributed by atoms with Gasteiger partial charge in [0.05, 0.1) is 5.75 Å². The number of rotatable bonds is 6. The van der Waals surface area contributed by atoms with Gasteiger partial charge in [0.25, 0.3) is 0 Å². The molecule has 6 heteroatoms. The van der Waals surface area contributed by atoms with Crippen LogP contribution in [0.5, 0.6) is 0 Å². The van der Waals surface area contributed by atoms with Gasteiger partial charge < -0.3 is 9.13 Å². The third-order valence-electron chi connectivity index (χ3n) is 5.80. The molecule has 2 aromatic heterocycles. The smallest absolute Gasteiger partial charge is 0.191 e. The lowest BCUT2D eigenvalue weighted by atomic mass is 9.95. The highest BCUT2D eigenvalue weighted by molar-refractivity contribution is 7.99.